The topological polar surface area (TPSA) is 77.3 Å². The normalized spacial score (nSPS) is 13.7. The van der Waals surface area contributed by atoms with Crippen LogP contribution in [0.15, 0.2) is 10.2 Å². The number of hydrogen-bond acceptors (Lipinski definition) is 4. The smallest absolute Gasteiger partial charge is 0.444 e. The monoisotopic (exact) mass is 342 g/mol. The third kappa shape index (κ3) is 12.0. The molecule has 0 aromatic heterocycles. The highest BCUT2D eigenvalue weighted by atomic mass is 16.6. The maximum atomic E-state index is 11.6. The molecular weight excluding hydrogens is 308 g/mol. The van der Waals surface area contributed by atoms with Gasteiger partial charge in [0.05, 0.1) is 0 Å². The zero-order valence-electron chi connectivity index (χ0n) is 15.8. The van der Waals surface area contributed by atoms with Crippen molar-refractivity contribution in [2.45, 2.75) is 104 Å². The summed E-state index contributed by atoms with van der Waals surface area (Å²) in [6.45, 7) is 8.16. The number of amides is 2. The molecule has 0 bridgehead atoms. The average Bonchev–Trinajstić information content (AvgIpc) is 2.58. The van der Waals surface area contributed by atoms with Crippen molar-refractivity contribution < 1.29 is 19.1 Å². The first-order valence-electron chi connectivity index (χ1n) is 9.40. The van der Waals surface area contributed by atoms with E-state index in [1.54, 1.807) is 0 Å². The zero-order chi connectivity index (χ0) is 18.2. The molecule has 2 unspecified atom stereocenters. The molecule has 0 heterocycles. The Morgan fingerprint density at radius 2 is 1.08 bits per heavy atom. The number of hydrogen-bond donors (Lipinski definition) is 0. The van der Waals surface area contributed by atoms with Gasteiger partial charge in [-0.25, -0.2) is 9.59 Å². The molecule has 0 aliphatic carbocycles. The van der Waals surface area contributed by atoms with E-state index in [4.69, 9.17) is 9.47 Å². The molecule has 2 atom stereocenters. The van der Waals surface area contributed by atoms with Crippen LogP contribution in [0, 0.1) is 0 Å². The number of carbonyl (C=O) groups excluding carboxylic acids is 2. The lowest BCUT2D eigenvalue weighted by molar-refractivity contribution is 0.0882. The SMILES string of the molecule is CCCCCC(CC)OC(=O)N=NC(=O)OC(CC)CCCCC. The Morgan fingerprint density at radius 3 is 1.38 bits per heavy atom. The van der Waals surface area contributed by atoms with Crippen molar-refractivity contribution in [3.8, 4) is 0 Å². The lowest BCUT2D eigenvalue weighted by Gasteiger charge is -2.14. The molecule has 0 aliphatic rings. The molecule has 0 fully saturated rings. The van der Waals surface area contributed by atoms with Crippen LogP contribution in [0.25, 0.3) is 0 Å². The average molecular weight is 342 g/mol. The summed E-state index contributed by atoms with van der Waals surface area (Å²) in [6, 6.07) is 0. The van der Waals surface area contributed by atoms with Crippen molar-refractivity contribution in [1.29, 1.82) is 0 Å². The lowest BCUT2D eigenvalue weighted by atomic mass is 10.1. The summed E-state index contributed by atoms with van der Waals surface area (Å²) in [5.74, 6) is 0. The van der Waals surface area contributed by atoms with Gasteiger partial charge in [0.25, 0.3) is 0 Å². The minimum Gasteiger partial charge on any atom is -0.444 e. The highest BCUT2D eigenvalue weighted by Gasteiger charge is 2.14. The second kappa shape index (κ2) is 15.1. The fourth-order valence-electron chi connectivity index (χ4n) is 2.35. The maximum absolute atomic E-state index is 11.6. The molecule has 0 radical (unpaired) electrons. The van der Waals surface area contributed by atoms with Gasteiger partial charge < -0.3 is 9.47 Å². The fraction of sp³-hybridized carbons (Fsp3) is 0.889. The Bertz CT molecular complexity index is 338. The minimum atomic E-state index is -0.825. The number of carbonyl (C=O) groups is 2. The Labute approximate surface area is 146 Å². The van der Waals surface area contributed by atoms with E-state index in [0.29, 0.717) is 0 Å². The Balaban J connectivity index is 4.18. The molecule has 140 valence electrons. The molecule has 2 amide bonds. The highest BCUT2D eigenvalue weighted by Crippen LogP contribution is 2.12. The predicted octanol–water partition coefficient (Wildman–Crippen LogP) is 6.43. The van der Waals surface area contributed by atoms with Gasteiger partial charge >= 0.3 is 12.2 Å². The van der Waals surface area contributed by atoms with Crippen LogP contribution in [0.5, 0.6) is 0 Å². The molecule has 0 saturated heterocycles. The summed E-state index contributed by atoms with van der Waals surface area (Å²) in [5, 5.41) is 6.63. The van der Waals surface area contributed by atoms with Crippen molar-refractivity contribution in [3.05, 3.63) is 0 Å². The first kappa shape index (κ1) is 22.5. The third-order valence-corrected chi connectivity index (χ3v) is 3.92. The zero-order valence-corrected chi connectivity index (χ0v) is 15.8. The standard InChI is InChI=1S/C18H34N2O4/c1-5-9-11-13-15(7-3)23-17(21)19-20-18(22)24-16(8-4)14-12-10-6-2/h15-16H,5-14H2,1-4H3. The molecule has 0 aromatic carbocycles. The van der Waals surface area contributed by atoms with E-state index in [1.165, 1.54) is 0 Å². The molecule has 6 nitrogen and oxygen atoms in total. The molecule has 0 saturated carbocycles. The molecule has 6 heteroatoms. The van der Waals surface area contributed by atoms with Gasteiger partial charge in [0, 0.05) is 0 Å². The van der Waals surface area contributed by atoms with Crippen molar-refractivity contribution in [1.82, 2.24) is 0 Å². The van der Waals surface area contributed by atoms with Crippen LogP contribution in [0.2, 0.25) is 0 Å². The van der Waals surface area contributed by atoms with Crippen molar-refractivity contribution >= 4 is 12.2 Å². The van der Waals surface area contributed by atoms with Crippen LogP contribution in [-0.2, 0) is 9.47 Å². The van der Waals surface area contributed by atoms with E-state index in [0.717, 1.165) is 64.2 Å². The number of unbranched alkanes of at least 4 members (excludes halogenated alkanes) is 4. The van der Waals surface area contributed by atoms with Gasteiger partial charge in [-0.05, 0) is 38.5 Å². The predicted molar refractivity (Wildman–Crippen MR) is 94.3 cm³/mol. The Kier molecular flexibility index (Phi) is 14.2. The molecule has 0 rings (SSSR count). The van der Waals surface area contributed by atoms with Crippen LogP contribution in [0.3, 0.4) is 0 Å². The van der Waals surface area contributed by atoms with Crippen LogP contribution in [0.1, 0.15) is 91.9 Å². The van der Waals surface area contributed by atoms with Crippen molar-refractivity contribution in [2.75, 3.05) is 0 Å². The van der Waals surface area contributed by atoms with E-state index in [-0.39, 0.29) is 12.2 Å². The van der Waals surface area contributed by atoms with Gasteiger partial charge in [0.15, 0.2) is 0 Å². The van der Waals surface area contributed by atoms with E-state index in [9.17, 15) is 9.59 Å². The van der Waals surface area contributed by atoms with Crippen LogP contribution >= 0.6 is 0 Å². The van der Waals surface area contributed by atoms with Gasteiger partial charge in [-0.3, -0.25) is 0 Å². The Morgan fingerprint density at radius 1 is 0.708 bits per heavy atom. The highest BCUT2D eigenvalue weighted by molar-refractivity contribution is 5.73. The number of rotatable bonds is 12. The van der Waals surface area contributed by atoms with Gasteiger partial charge in [-0.1, -0.05) is 63.6 Å². The summed E-state index contributed by atoms with van der Waals surface area (Å²) in [5.41, 5.74) is 0. The summed E-state index contributed by atoms with van der Waals surface area (Å²) in [4.78, 5) is 23.3. The number of ether oxygens (including phenoxy) is 2. The van der Waals surface area contributed by atoms with Gasteiger partial charge in [0.1, 0.15) is 12.2 Å². The first-order valence-corrected chi connectivity index (χ1v) is 9.40. The lowest BCUT2D eigenvalue weighted by Crippen LogP contribution is -2.16. The van der Waals surface area contributed by atoms with Crippen molar-refractivity contribution in [3.63, 3.8) is 0 Å². The molecule has 0 aromatic rings. The summed E-state index contributed by atoms with van der Waals surface area (Å²) in [6.07, 6.45) is 7.56. The largest absolute Gasteiger partial charge is 0.452 e. The summed E-state index contributed by atoms with van der Waals surface area (Å²) >= 11 is 0. The molecule has 0 N–H and O–H groups in total. The number of azo groups is 1. The van der Waals surface area contributed by atoms with Crippen LogP contribution in [0.4, 0.5) is 9.59 Å². The molecule has 0 aliphatic heterocycles. The van der Waals surface area contributed by atoms with E-state index in [1.807, 2.05) is 13.8 Å². The maximum Gasteiger partial charge on any atom is 0.452 e. The Hall–Kier alpha value is -1.46. The molecule has 24 heavy (non-hydrogen) atoms. The van der Waals surface area contributed by atoms with Crippen molar-refractivity contribution in [2.24, 2.45) is 10.2 Å². The number of nitrogens with zero attached hydrogens (tertiary/aromatic N) is 2. The summed E-state index contributed by atoms with van der Waals surface area (Å²) < 4.78 is 10.4. The second-order valence-electron chi connectivity index (χ2n) is 6.02. The first-order chi connectivity index (χ1) is 11.6. The molecule has 0 spiro atoms. The van der Waals surface area contributed by atoms with Gasteiger partial charge in [0.2, 0.25) is 0 Å². The van der Waals surface area contributed by atoms with Gasteiger partial charge in [-0.2, -0.15) is 0 Å². The molecular formula is C18H34N2O4. The quantitative estimate of drug-likeness (QED) is 0.302. The fourth-order valence-corrected chi connectivity index (χ4v) is 2.35. The van der Waals surface area contributed by atoms with Crippen LogP contribution < -0.4 is 0 Å². The second-order valence-corrected chi connectivity index (χ2v) is 6.02. The van der Waals surface area contributed by atoms with E-state index < -0.39 is 12.2 Å². The summed E-state index contributed by atoms with van der Waals surface area (Å²) in [7, 11) is 0. The third-order valence-electron chi connectivity index (χ3n) is 3.92. The minimum absolute atomic E-state index is 0.170. The van der Waals surface area contributed by atoms with E-state index >= 15 is 0 Å². The van der Waals surface area contributed by atoms with Gasteiger partial charge in [-0.15, -0.1) is 0 Å². The van der Waals surface area contributed by atoms with E-state index in [2.05, 4.69) is 24.1 Å². The van der Waals surface area contributed by atoms with Crippen LogP contribution in [-0.4, -0.2) is 24.4 Å².